The van der Waals surface area contributed by atoms with E-state index >= 15 is 0 Å². The van der Waals surface area contributed by atoms with E-state index in [9.17, 15) is 15.0 Å². The van der Waals surface area contributed by atoms with Crippen molar-refractivity contribution in [1.29, 1.82) is 0 Å². The van der Waals surface area contributed by atoms with Crippen molar-refractivity contribution in [2.75, 3.05) is 0 Å². The molecule has 0 saturated heterocycles. The van der Waals surface area contributed by atoms with Crippen LogP contribution < -0.4 is 5.73 Å². The largest absolute Gasteiger partial charge is 0.393 e. The summed E-state index contributed by atoms with van der Waals surface area (Å²) in [6.45, 7) is 4.46. The fraction of sp³-hybridized carbons (Fsp3) is 0.950. The van der Waals surface area contributed by atoms with E-state index < -0.39 is 16.6 Å². The van der Waals surface area contributed by atoms with Crippen LogP contribution >= 0.6 is 0 Å². The molecule has 4 N–H and O–H groups in total. The zero-order chi connectivity index (χ0) is 17.4. The van der Waals surface area contributed by atoms with Gasteiger partial charge < -0.3 is 20.7 Å². The lowest BCUT2D eigenvalue weighted by Crippen LogP contribution is -2.67. The Hall–Kier alpha value is -0.450. The van der Waals surface area contributed by atoms with Crippen molar-refractivity contribution in [1.82, 2.24) is 0 Å². The molecule has 0 radical (unpaired) electrons. The smallest absolute Gasteiger partial charge is 0.140 e. The topological polar surface area (TPSA) is 83.5 Å². The number of fused-ring (bicyclic) bond motifs is 5. The number of aliphatic hydroxyl groups is 2. The summed E-state index contributed by atoms with van der Waals surface area (Å²) >= 11 is 0. The minimum Gasteiger partial charge on any atom is -0.393 e. The Morgan fingerprint density at radius 2 is 1.75 bits per heavy atom. The van der Waals surface area contributed by atoms with Gasteiger partial charge in [0.2, 0.25) is 0 Å². The summed E-state index contributed by atoms with van der Waals surface area (Å²) in [5.41, 5.74) is 4.51. The van der Waals surface area contributed by atoms with Gasteiger partial charge in [-0.1, -0.05) is 13.8 Å². The number of carbonyl (C=O) groups excluding carboxylic acids is 1. The Bertz CT molecular complexity index is 553. The normalized spacial score (nSPS) is 60.0. The van der Waals surface area contributed by atoms with E-state index in [4.69, 9.17) is 5.73 Å². The molecule has 4 rings (SSSR count). The van der Waals surface area contributed by atoms with E-state index in [1.54, 1.807) is 0 Å². The van der Waals surface area contributed by atoms with Crippen LogP contribution in [-0.4, -0.2) is 33.7 Å². The van der Waals surface area contributed by atoms with Crippen LogP contribution in [0.15, 0.2) is 0 Å². The Morgan fingerprint density at radius 1 is 1.00 bits per heavy atom. The van der Waals surface area contributed by atoms with E-state index in [0.29, 0.717) is 24.7 Å². The first-order valence-corrected chi connectivity index (χ1v) is 9.86. The predicted octanol–water partition coefficient (Wildman–Crippen LogP) is 2.40. The fourth-order valence-electron chi connectivity index (χ4n) is 7.51. The van der Waals surface area contributed by atoms with Gasteiger partial charge >= 0.3 is 0 Å². The molecule has 136 valence electrons. The number of nitrogens with two attached hydrogens (primary N) is 1. The van der Waals surface area contributed by atoms with Gasteiger partial charge in [-0.05, 0) is 81.0 Å². The van der Waals surface area contributed by atoms with Crippen LogP contribution in [0.4, 0.5) is 0 Å². The molecule has 0 spiro atoms. The first kappa shape index (κ1) is 17.0. The molecule has 24 heavy (non-hydrogen) atoms. The van der Waals surface area contributed by atoms with Crippen molar-refractivity contribution >= 4 is 6.29 Å². The van der Waals surface area contributed by atoms with Crippen LogP contribution in [-0.2, 0) is 4.79 Å². The molecule has 0 aromatic carbocycles. The van der Waals surface area contributed by atoms with Gasteiger partial charge in [0, 0.05) is 5.41 Å². The van der Waals surface area contributed by atoms with Crippen LogP contribution in [0.5, 0.6) is 0 Å². The van der Waals surface area contributed by atoms with Crippen molar-refractivity contribution in [3.8, 4) is 0 Å². The summed E-state index contributed by atoms with van der Waals surface area (Å²) < 4.78 is 0. The summed E-state index contributed by atoms with van der Waals surface area (Å²) in [6, 6.07) is 0. The summed E-state index contributed by atoms with van der Waals surface area (Å²) in [5.74, 6) is 1.32. The SMILES string of the molecule is C[C@]12CC[C@H](O)C[C@H]1CC[C@@H]1[C@@H]2CC[C@]2(C)[C@@](N)(C=O)CC[C@]12O. The molecule has 0 aromatic rings. The van der Waals surface area contributed by atoms with Crippen LogP contribution in [0.1, 0.15) is 71.6 Å². The Kier molecular flexibility index (Phi) is 3.57. The maximum absolute atomic E-state index is 11.8. The third-order valence-electron chi connectivity index (χ3n) is 9.35. The zero-order valence-corrected chi connectivity index (χ0v) is 15.1. The second-order valence-corrected chi connectivity index (χ2v) is 9.87. The molecule has 0 heterocycles. The predicted molar refractivity (Wildman–Crippen MR) is 92.2 cm³/mol. The van der Waals surface area contributed by atoms with E-state index in [2.05, 4.69) is 13.8 Å². The lowest BCUT2D eigenvalue weighted by atomic mass is 9.43. The maximum atomic E-state index is 11.8. The van der Waals surface area contributed by atoms with Gasteiger partial charge in [0.1, 0.15) is 6.29 Å². The molecule has 4 nitrogen and oxygen atoms in total. The highest BCUT2D eigenvalue weighted by Gasteiger charge is 2.71. The molecule has 4 fully saturated rings. The van der Waals surface area contributed by atoms with Crippen LogP contribution in [0.25, 0.3) is 0 Å². The van der Waals surface area contributed by atoms with E-state index in [0.717, 1.165) is 51.2 Å². The minimum absolute atomic E-state index is 0.144. The van der Waals surface area contributed by atoms with Crippen molar-refractivity contribution in [2.45, 2.75) is 88.9 Å². The molecule has 4 saturated carbocycles. The third-order valence-corrected chi connectivity index (χ3v) is 9.35. The molecule has 4 aliphatic rings. The van der Waals surface area contributed by atoms with Gasteiger partial charge in [0.15, 0.2) is 0 Å². The molecule has 0 bridgehead atoms. The molecular formula is C20H33NO3. The van der Waals surface area contributed by atoms with Gasteiger partial charge in [0.05, 0.1) is 17.2 Å². The number of carbonyl (C=O) groups is 1. The molecule has 4 aliphatic carbocycles. The van der Waals surface area contributed by atoms with Crippen molar-refractivity contribution in [3.63, 3.8) is 0 Å². The highest BCUT2D eigenvalue weighted by Crippen LogP contribution is 2.69. The maximum Gasteiger partial charge on any atom is 0.140 e. The van der Waals surface area contributed by atoms with Crippen molar-refractivity contribution in [2.24, 2.45) is 34.3 Å². The first-order chi connectivity index (χ1) is 11.2. The zero-order valence-electron chi connectivity index (χ0n) is 15.1. The number of hydrogen-bond donors (Lipinski definition) is 3. The van der Waals surface area contributed by atoms with Gasteiger partial charge in [-0.2, -0.15) is 0 Å². The van der Waals surface area contributed by atoms with Gasteiger partial charge in [0.25, 0.3) is 0 Å². The summed E-state index contributed by atoms with van der Waals surface area (Å²) in [4.78, 5) is 11.8. The number of rotatable bonds is 1. The standard InChI is InChI=1S/C20H33NO3/c1-17-7-5-14(23)11-13(17)3-4-16-15(17)6-8-18(2)19(21,12-22)9-10-20(16,18)24/h12-16,23-24H,3-11,21H2,1-2H3/t13-,14+,15+,16-,17+,18-,19+,20+/m1/s1. The third kappa shape index (κ3) is 1.83. The van der Waals surface area contributed by atoms with E-state index in [1.807, 2.05) is 0 Å². The minimum atomic E-state index is -0.882. The first-order valence-electron chi connectivity index (χ1n) is 9.86. The highest BCUT2D eigenvalue weighted by molar-refractivity contribution is 5.67. The number of aliphatic hydroxyl groups excluding tert-OH is 1. The molecule has 0 unspecified atom stereocenters. The van der Waals surface area contributed by atoms with E-state index in [-0.39, 0.29) is 17.4 Å². The van der Waals surface area contributed by atoms with Gasteiger partial charge in [-0.25, -0.2) is 0 Å². The summed E-state index contributed by atoms with van der Waals surface area (Å²) in [6.07, 6.45) is 8.90. The Morgan fingerprint density at radius 3 is 2.46 bits per heavy atom. The second kappa shape index (κ2) is 5.05. The lowest BCUT2D eigenvalue weighted by Gasteiger charge is -2.64. The average Bonchev–Trinajstić information content (AvgIpc) is 2.77. The number of aldehydes is 1. The summed E-state index contributed by atoms with van der Waals surface area (Å²) in [7, 11) is 0. The number of hydrogen-bond acceptors (Lipinski definition) is 4. The lowest BCUT2D eigenvalue weighted by molar-refractivity contribution is -0.211. The van der Waals surface area contributed by atoms with E-state index in [1.165, 1.54) is 0 Å². The van der Waals surface area contributed by atoms with Gasteiger partial charge in [-0.15, -0.1) is 0 Å². The van der Waals surface area contributed by atoms with Gasteiger partial charge in [-0.3, -0.25) is 0 Å². The molecule has 0 aromatic heterocycles. The average molecular weight is 335 g/mol. The van der Waals surface area contributed by atoms with Crippen LogP contribution in [0.2, 0.25) is 0 Å². The molecule has 0 aliphatic heterocycles. The molecule has 8 atom stereocenters. The summed E-state index contributed by atoms with van der Waals surface area (Å²) in [5, 5.41) is 21.9. The Balaban J connectivity index is 1.70. The Labute approximate surface area is 145 Å². The molecule has 0 amide bonds. The molecular weight excluding hydrogens is 302 g/mol. The van der Waals surface area contributed by atoms with Crippen LogP contribution in [0.3, 0.4) is 0 Å². The molecule has 4 heteroatoms. The quantitative estimate of drug-likeness (QED) is 0.643. The van der Waals surface area contributed by atoms with Crippen molar-refractivity contribution < 1.29 is 15.0 Å². The van der Waals surface area contributed by atoms with Crippen LogP contribution in [0, 0.1) is 28.6 Å². The highest BCUT2D eigenvalue weighted by atomic mass is 16.3. The second-order valence-electron chi connectivity index (χ2n) is 9.87. The fourth-order valence-corrected chi connectivity index (χ4v) is 7.51. The van der Waals surface area contributed by atoms with Crippen molar-refractivity contribution in [3.05, 3.63) is 0 Å². The monoisotopic (exact) mass is 335 g/mol.